The summed E-state index contributed by atoms with van der Waals surface area (Å²) in [7, 11) is 1.53. The molecule has 0 aliphatic heterocycles. The van der Waals surface area contributed by atoms with Crippen LogP contribution in [0.2, 0.25) is 0 Å². The van der Waals surface area contributed by atoms with Crippen LogP contribution in [-0.2, 0) is 4.84 Å². The van der Waals surface area contributed by atoms with Gasteiger partial charge in [0.1, 0.15) is 6.07 Å². The molecule has 0 aliphatic carbocycles. The maximum Gasteiger partial charge on any atom is 0.177 e. The van der Waals surface area contributed by atoms with E-state index in [0.29, 0.717) is 23.6 Å². The predicted octanol–water partition coefficient (Wildman–Crippen LogP) is 0.923. The molecule has 0 aliphatic rings. The Morgan fingerprint density at radius 1 is 1.71 bits per heavy atom. The van der Waals surface area contributed by atoms with Crippen molar-refractivity contribution >= 4 is 11.5 Å². The summed E-state index contributed by atoms with van der Waals surface area (Å²) in [6.45, 7) is 2.52. The zero-order chi connectivity index (χ0) is 10.6. The van der Waals surface area contributed by atoms with Crippen LogP contribution in [0.25, 0.3) is 0 Å². The number of hydrogen-bond acceptors (Lipinski definition) is 5. The standard InChI is InChI=1S/C9H12N4O/c1-3-13(14-2)9-8(11)7(6-10)4-5-12-9/h4-5H,3,11H2,1-2H3. The molecule has 0 spiro atoms. The van der Waals surface area contributed by atoms with E-state index in [0.717, 1.165) is 0 Å². The molecule has 0 bridgehead atoms. The molecule has 1 heterocycles. The van der Waals surface area contributed by atoms with Gasteiger partial charge in [0.25, 0.3) is 0 Å². The van der Waals surface area contributed by atoms with Crippen LogP contribution in [0.1, 0.15) is 12.5 Å². The van der Waals surface area contributed by atoms with Crippen molar-refractivity contribution in [2.24, 2.45) is 0 Å². The highest BCUT2D eigenvalue weighted by Gasteiger charge is 2.11. The highest BCUT2D eigenvalue weighted by atomic mass is 16.7. The monoisotopic (exact) mass is 192 g/mol. The largest absolute Gasteiger partial charge is 0.395 e. The van der Waals surface area contributed by atoms with Gasteiger partial charge in [-0.25, -0.2) is 10.0 Å². The van der Waals surface area contributed by atoms with Crippen LogP contribution in [0.4, 0.5) is 11.5 Å². The summed E-state index contributed by atoms with van der Waals surface area (Å²) in [5.74, 6) is 0.481. The van der Waals surface area contributed by atoms with Gasteiger partial charge in [0.05, 0.1) is 18.4 Å². The van der Waals surface area contributed by atoms with Crippen LogP contribution >= 0.6 is 0 Å². The molecule has 0 fully saturated rings. The van der Waals surface area contributed by atoms with Crippen molar-refractivity contribution in [1.29, 1.82) is 5.26 Å². The summed E-state index contributed by atoms with van der Waals surface area (Å²) in [5.41, 5.74) is 6.49. The van der Waals surface area contributed by atoms with Gasteiger partial charge in [-0.15, -0.1) is 0 Å². The van der Waals surface area contributed by atoms with Gasteiger partial charge in [0, 0.05) is 12.7 Å². The molecule has 5 nitrogen and oxygen atoms in total. The average Bonchev–Trinajstić information content (AvgIpc) is 2.22. The lowest BCUT2D eigenvalue weighted by Crippen LogP contribution is -2.23. The molecule has 1 aromatic heterocycles. The SMILES string of the molecule is CCN(OC)c1nccc(C#N)c1N. The third-order valence-corrected chi connectivity index (χ3v) is 1.83. The first-order valence-electron chi connectivity index (χ1n) is 4.20. The molecule has 0 saturated heterocycles. The molecule has 5 heteroatoms. The van der Waals surface area contributed by atoms with Crippen LogP contribution in [-0.4, -0.2) is 18.6 Å². The Hall–Kier alpha value is -1.80. The third kappa shape index (κ3) is 1.75. The second-order valence-electron chi connectivity index (χ2n) is 2.58. The Balaban J connectivity index is 3.15. The summed E-state index contributed by atoms with van der Waals surface area (Å²) < 4.78 is 0. The Morgan fingerprint density at radius 3 is 2.93 bits per heavy atom. The van der Waals surface area contributed by atoms with Gasteiger partial charge < -0.3 is 5.73 Å². The maximum absolute atomic E-state index is 8.75. The highest BCUT2D eigenvalue weighted by molar-refractivity contribution is 5.68. The van der Waals surface area contributed by atoms with E-state index in [1.54, 1.807) is 6.07 Å². The van der Waals surface area contributed by atoms with Crippen molar-refractivity contribution in [1.82, 2.24) is 4.98 Å². The fraction of sp³-hybridized carbons (Fsp3) is 0.333. The zero-order valence-electron chi connectivity index (χ0n) is 8.19. The van der Waals surface area contributed by atoms with Gasteiger partial charge in [-0.2, -0.15) is 5.26 Å². The molecule has 1 aromatic rings. The lowest BCUT2D eigenvalue weighted by atomic mass is 10.2. The first kappa shape index (κ1) is 10.3. The predicted molar refractivity (Wildman–Crippen MR) is 53.4 cm³/mol. The second-order valence-corrected chi connectivity index (χ2v) is 2.58. The molecule has 0 amide bonds. The Labute approximate surface area is 82.7 Å². The molecule has 0 unspecified atom stereocenters. The number of hydroxylamine groups is 1. The van der Waals surface area contributed by atoms with Gasteiger partial charge >= 0.3 is 0 Å². The summed E-state index contributed by atoms with van der Waals surface area (Å²) in [6, 6.07) is 3.56. The first-order chi connectivity index (χ1) is 6.74. The van der Waals surface area contributed by atoms with Crippen molar-refractivity contribution in [3.63, 3.8) is 0 Å². The second kappa shape index (κ2) is 4.44. The number of nitriles is 1. The smallest absolute Gasteiger partial charge is 0.177 e. The van der Waals surface area contributed by atoms with Crippen molar-refractivity contribution in [2.45, 2.75) is 6.92 Å². The van der Waals surface area contributed by atoms with Crippen LogP contribution in [0.5, 0.6) is 0 Å². The molecule has 0 aromatic carbocycles. The summed E-state index contributed by atoms with van der Waals surface area (Å²) in [6.07, 6.45) is 1.53. The Bertz CT molecular complexity index is 354. The number of nitrogen functional groups attached to an aromatic ring is 1. The molecular formula is C9H12N4O. The Morgan fingerprint density at radius 2 is 2.43 bits per heavy atom. The Kier molecular flexibility index (Phi) is 3.26. The van der Waals surface area contributed by atoms with Gasteiger partial charge in [-0.1, -0.05) is 0 Å². The molecule has 0 saturated carbocycles. The number of anilines is 2. The minimum atomic E-state index is 0.346. The van der Waals surface area contributed by atoms with Crippen LogP contribution in [0, 0.1) is 11.3 Å². The third-order valence-electron chi connectivity index (χ3n) is 1.83. The first-order valence-corrected chi connectivity index (χ1v) is 4.20. The average molecular weight is 192 g/mol. The number of aromatic nitrogens is 1. The normalized spacial score (nSPS) is 9.50. The summed E-state index contributed by atoms with van der Waals surface area (Å²) >= 11 is 0. The highest BCUT2D eigenvalue weighted by Crippen LogP contribution is 2.22. The van der Waals surface area contributed by atoms with Crippen molar-refractivity contribution in [2.75, 3.05) is 24.5 Å². The van der Waals surface area contributed by atoms with E-state index in [-0.39, 0.29) is 0 Å². The number of hydrogen-bond donors (Lipinski definition) is 1. The number of rotatable bonds is 3. The van der Waals surface area contributed by atoms with E-state index in [1.165, 1.54) is 18.4 Å². The molecular weight excluding hydrogens is 180 g/mol. The van der Waals surface area contributed by atoms with E-state index in [1.807, 2.05) is 13.0 Å². The molecule has 0 atom stereocenters. The van der Waals surface area contributed by atoms with Crippen LogP contribution in [0.3, 0.4) is 0 Å². The molecule has 0 radical (unpaired) electrons. The number of nitrogens with zero attached hydrogens (tertiary/aromatic N) is 3. The fourth-order valence-electron chi connectivity index (χ4n) is 1.12. The van der Waals surface area contributed by atoms with Crippen molar-refractivity contribution in [3.8, 4) is 6.07 Å². The van der Waals surface area contributed by atoms with E-state index in [2.05, 4.69) is 4.98 Å². The molecule has 1 rings (SSSR count). The molecule has 14 heavy (non-hydrogen) atoms. The maximum atomic E-state index is 8.75. The number of pyridine rings is 1. The molecule has 74 valence electrons. The van der Waals surface area contributed by atoms with Crippen LogP contribution < -0.4 is 10.8 Å². The lowest BCUT2D eigenvalue weighted by molar-refractivity contribution is 0.169. The van der Waals surface area contributed by atoms with Crippen LogP contribution in [0.15, 0.2) is 12.3 Å². The van der Waals surface area contributed by atoms with E-state index in [9.17, 15) is 0 Å². The lowest BCUT2D eigenvalue weighted by Gasteiger charge is -2.20. The van der Waals surface area contributed by atoms with Gasteiger partial charge in [0.15, 0.2) is 5.82 Å². The van der Waals surface area contributed by atoms with E-state index >= 15 is 0 Å². The fourth-order valence-corrected chi connectivity index (χ4v) is 1.12. The van der Waals surface area contributed by atoms with E-state index < -0.39 is 0 Å². The summed E-state index contributed by atoms with van der Waals surface area (Å²) in [5, 5.41) is 10.3. The van der Waals surface area contributed by atoms with Gasteiger partial charge in [0.2, 0.25) is 0 Å². The molecule has 2 N–H and O–H groups in total. The van der Waals surface area contributed by atoms with Gasteiger partial charge in [-0.05, 0) is 13.0 Å². The minimum absolute atomic E-state index is 0.346. The number of nitrogens with two attached hydrogens (primary N) is 1. The quantitative estimate of drug-likeness (QED) is 0.721. The summed E-state index contributed by atoms with van der Waals surface area (Å²) in [4.78, 5) is 9.10. The van der Waals surface area contributed by atoms with Gasteiger partial charge in [-0.3, -0.25) is 4.84 Å². The van der Waals surface area contributed by atoms with Crippen molar-refractivity contribution in [3.05, 3.63) is 17.8 Å². The zero-order valence-corrected chi connectivity index (χ0v) is 8.19. The minimum Gasteiger partial charge on any atom is -0.395 e. The van der Waals surface area contributed by atoms with Crippen molar-refractivity contribution < 1.29 is 4.84 Å². The van der Waals surface area contributed by atoms with E-state index in [4.69, 9.17) is 15.8 Å². The topological polar surface area (TPSA) is 75.2 Å².